The summed E-state index contributed by atoms with van der Waals surface area (Å²) in [6.45, 7) is 5.40. The molecule has 27 heavy (non-hydrogen) atoms. The third kappa shape index (κ3) is 5.67. The third-order valence-corrected chi connectivity index (χ3v) is 5.16. The maximum atomic E-state index is 11.9. The molecular weight excluding hydrogens is 340 g/mol. The lowest BCUT2D eigenvalue weighted by molar-refractivity contribution is -0.150. The molecule has 0 spiro atoms. The van der Waals surface area contributed by atoms with E-state index < -0.39 is 0 Å². The molecule has 1 aromatic rings. The van der Waals surface area contributed by atoms with Crippen LogP contribution in [0.2, 0.25) is 0 Å². The number of carbonyl (C=O) groups excluding carboxylic acids is 1. The van der Waals surface area contributed by atoms with Gasteiger partial charge in [-0.2, -0.15) is 0 Å². The maximum Gasteiger partial charge on any atom is 0.310 e. The summed E-state index contributed by atoms with van der Waals surface area (Å²) in [5.41, 5.74) is 3.44. The van der Waals surface area contributed by atoms with Gasteiger partial charge in [-0.25, -0.2) is 0 Å². The van der Waals surface area contributed by atoms with Crippen molar-refractivity contribution in [3.05, 3.63) is 42.0 Å². The number of nitrogens with zero attached hydrogens (tertiary/aromatic N) is 2. The van der Waals surface area contributed by atoms with Crippen molar-refractivity contribution < 1.29 is 14.4 Å². The smallest absolute Gasteiger partial charge is 0.310 e. The summed E-state index contributed by atoms with van der Waals surface area (Å²) in [5, 5.41) is 4.44. The molecule has 5 heteroatoms. The molecule has 0 N–H and O–H groups in total. The Morgan fingerprint density at radius 1 is 1.26 bits per heavy atom. The summed E-state index contributed by atoms with van der Waals surface area (Å²) in [6, 6.07) is 10.4. The Kier molecular flexibility index (Phi) is 7.45. The first-order chi connectivity index (χ1) is 13.3. The van der Waals surface area contributed by atoms with E-state index in [1.807, 2.05) is 13.0 Å². The molecule has 5 nitrogen and oxygen atoms in total. The summed E-state index contributed by atoms with van der Waals surface area (Å²) in [7, 11) is 0. The number of allylic oxidation sites excluding steroid dienone is 2. The Hall–Kier alpha value is -2.14. The summed E-state index contributed by atoms with van der Waals surface area (Å²) in [6.07, 6.45) is 7.37. The van der Waals surface area contributed by atoms with Crippen molar-refractivity contribution in [1.29, 1.82) is 0 Å². The van der Waals surface area contributed by atoms with Crippen molar-refractivity contribution >= 4 is 17.3 Å². The zero-order chi connectivity index (χ0) is 18.9. The SMILES string of the molecule is CCOC(=O)[C@@H]1CCCN(CCO/N=C2\CCCC=C2c2ccccc2)C1. The molecule has 0 aromatic heterocycles. The fraction of sp³-hybridized carbons (Fsp3) is 0.545. The molecule has 0 saturated carbocycles. The third-order valence-electron chi connectivity index (χ3n) is 5.16. The van der Waals surface area contributed by atoms with Crippen LogP contribution >= 0.6 is 0 Å². The van der Waals surface area contributed by atoms with Crippen LogP contribution in [0, 0.1) is 5.92 Å². The van der Waals surface area contributed by atoms with Gasteiger partial charge in [-0.15, -0.1) is 0 Å². The van der Waals surface area contributed by atoms with E-state index in [0.717, 1.165) is 57.5 Å². The number of carbonyl (C=O) groups is 1. The predicted molar refractivity (Wildman–Crippen MR) is 107 cm³/mol. The normalized spacial score (nSPS) is 22.3. The predicted octanol–water partition coefficient (Wildman–Crippen LogP) is 3.90. The largest absolute Gasteiger partial charge is 0.466 e. The molecule has 1 saturated heterocycles. The van der Waals surface area contributed by atoms with Crippen molar-refractivity contribution in [2.45, 2.75) is 39.0 Å². The van der Waals surface area contributed by atoms with Crippen LogP contribution in [0.4, 0.5) is 0 Å². The zero-order valence-electron chi connectivity index (χ0n) is 16.2. The molecule has 0 unspecified atom stereocenters. The Labute approximate surface area is 162 Å². The highest BCUT2D eigenvalue weighted by atomic mass is 16.6. The molecule has 0 bridgehead atoms. The molecular formula is C22H30N2O3. The van der Waals surface area contributed by atoms with Crippen molar-refractivity contribution in [2.24, 2.45) is 11.1 Å². The number of piperidine rings is 1. The van der Waals surface area contributed by atoms with Crippen LogP contribution in [-0.4, -0.2) is 49.4 Å². The lowest BCUT2D eigenvalue weighted by atomic mass is 9.92. The van der Waals surface area contributed by atoms with Crippen molar-refractivity contribution in [3.8, 4) is 0 Å². The van der Waals surface area contributed by atoms with E-state index in [4.69, 9.17) is 9.57 Å². The van der Waals surface area contributed by atoms with Crippen LogP contribution in [-0.2, 0) is 14.4 Å². The monoisotopic (exact) mass is 370 g/mol. The van der Waals surface area contributed by atoms with E-state index in [1.54, 1.807) is 0 Å². The van der Waals surface area contributed by atoms with Gasteiger partial charge >= 0.3 is 5.97 Å². The summed E-state index contributed by atoms with van der Waals surface area (Å²) >= 11 is 0. The second-order valence-electron chi connectivity index (χ2n) is 7.14. The van der Waals surface area contributed by atoms with Crippen LogP contribution in [0.1, 0.15) is 44.6 Å². The molecule has 0 radical (unpaired) electrons. The molecule has 1 aromatic carbocycles. The van der Waals surface area contributed by atoms with Gasteiger partial charge in [-0.3, -0.25) is 9.69 Å². The second-order valence-corrected chi connectivity index (χ2v) is 7.14. The van der Waals surface area contributed by atoms with Gasteiger partial charge < -0.3 is 9.57 Å². The van der Waals surface area contributed by atoms with Gasteiger partial charge in [0.1, 0.15) is 6.61 Å². The van der Waals surface area contributed by atoms with E-state index in [1.165, 1.54) is 11.1 Å². The van der Waals surface area contributed by atoms with Gasteiger partial charge in [-0.05, 0) is 51.1 Å². The quantitative estimate of drug-likeness (QED) is 0.415. The van der Waals surface area contributed by atoms with Crippen LogP contribution < -0.4 is 0 Å². The Morgan fingerprint density at radius 3 is 2.93 bits per heavy atom. The number of oxime groups is 1. The number of rotatable bonds is 7. The van der Waals surface area contributed by atoms with Crippen molar-refractivity contribution in [2.75, 3.05) is 32.8 Å². The minimum Gasteiger partial charge on any atom is -0.466 e. The van der Waals surface area contributed by atoms with E-state index in [9.17, 15) is 4.79 Å². The summed E-state index contributed by atoms with van der Waals surface area (Å²) < 4.78 is 5.16. The van der Waals surface area contributed by atoms with Gasteiger partial charge in [-0.1, -0.05) is 41.6 Å². The maximum absolute atomic E-state index is 11.9. The lowest BCUT2D eigenvalue weighted by Crippen LogP contribution is -2.40. The van der Waals surface area contributed by atoms with Gasteiger partial charge in [0.05, 0.1) is 18.2 Å². The first kappa shape index (κ1) is 19.6. The van der Waals surface area contributed by atoms with E-state index >= 15 is 0 Å². The molecule has 1 atom stereocenters. The molecule has 3 rings (SSSR count). The van der Waals surface area contributed by atoms with Crippen LogP contribution in [0.25, 0.3) is 5.57 Å². The minimum absolute atomic E-state index is 0.00373. The Morgan fingerprint density at radius 2 is 2.11 bits per heavy atom. The van der Waals surface area contributed by atoms with Crippen molar-refractivity contribution in [3.63, 3.8) is 0 Å². The number of likely N-dealkylation sites (tertiary alicyclic amines) is 1. The van der Waals surface area contributed by atoms with Crippen LogP contribution in [0.5, 0.6) is 0 Å². The van der Waals surface area contributed by atoms with Crippen LogP contribution in [0.3, 0.4) is 0 Å². The summed E-state index contributed by atoms with van der Waals surface area (Å²) in [4.78, 5) is 19.9. The topological polar surface area (TPSA) is 51.1 Å². The highest BCUT2D eigenvalue weighted by Crippen LogP contribution is 2.25. The first-order valence-corrected chi connectivity index (χ1v) is 10.1. The minimum atomic E-state index is -0.0665. The average molecular weight is 370 g/mol. The summed E-state index contributed by atoms with van der Waals surface area (Å²) in [5.74, 6) is -0.0702. The molecule has 1 aliphatic carbocycles. The van der Waals surface area contributed by atoms with Crippen LogP contribution in [0.15, 0.2) is 41.6 Å². The highest BCUT2D eigenvalue weighted by molar-refractivity contribution is 6.24. The average Bonchev–Trinajstić information content (AvgIpc) is 2.72. The standard InChI is InChI=1S/C22H30N2O3/c1-2-26-22(25)19-11-8-14-24(17-19)15-16-27-23-21-13-7-6-12-20(21)18-9-4-3-5-10-18/h3-5,9-10,12,19H,2,6-8,11,13-17H2,1H3/b23-21+/t19-/m1/s1. The van der Waals surface area contributed by atoms with E-state index in [2.05, 4.69) is 40.4 Å². The number of esters is 1. The Balaban J connectivity index is 1.49. The number of hydrogen-bond donors (Lipinski definition) is 0. The fourth-order valence-electron chi connectivity index (χ4n) is 3.77. The molecule has 1 heterocycles. The molecule has 1 fully saturated rings. The van der Waals surface area contributed by atoms with Gasteiger partial charge in [0.25, 0.3) is 0 Å². The fourth-order valence-corrected chi connectivity index (χ4v) is 3.77. The first-order valence-electron chi connectivity index (χ1n) is 10.1. The Bertz CT molecular complexity index is 669. The van der Waals surface area contributed by atoms with Gasteiger partial charge in [0.2, 0.25) is 0 Å². The number of ether oxygens (including phenoxy) is 1. The van der Waals surface area contributed by atoms with Crippen molar-refractivity contribution in [1.82, 2.24) is 4.90 Å². The lowest BCUT2D eigenvalue weighted by Gasteiger charge is -2.30. The van der Waals surface area contributed by atoms with E-state index in [0.29, 0.717) is 13.2 Å². The van der Waals surface area contributed by atoms with Gasteiger partial charge in [0, 0.05) is 18.7 Å². The van der Waals surface area contributed by atoms with E-state index in [-0.39, 0.29) is 11.9 Å². The molecule has 0 amide bonds. The molecule has 146 valence electrons. The second kappa shape index (κ2) is 10.3. The number of hydrogen-bond acceptors (Lipinski definition) is 5. The molecule has 1 aliphatic heterocycles. The zero-order valence-corrected chi connectivity index (χ0v) is 16.2. The molecule has 2 aliphatic rings. The van der Waals surface area contributed by atoms with Gasteiger partial charge in [0.15, 0.2) is 0 Å². The highest BCUT2D eigenvalue weighted by Gasteiger charge is 2.26. The number of benzene rings is 1.